The number of rotatable bonds is 8. The third-order valence-corrected chi connectivity index (χ3v) is 10.3. The van der Waals surface area contributed by atoms with Crippen molar-refractivity contribution in [3.8, 4) is 23.3 Å². The van der Waals surface area contributed by atoms with Crippen molar-refractivity contribution in [1.29, 1.82) is 10.7 Å². The number of halogens is 2. The number of anilines is 2. The van der Waals surface area contributed by atoms with E-state index in [0.29, 0.717) is 34.6 Å². The number of thiophene rings is 1. The fourth-order valence-electron chi connectivity index (χ4n) is 7.18. The van der Waals surface area contributed by atoms with Gasteiger partial charge < -0.3 is 24.9 Å². The summed E-state index contributed by atoms with van der Waals surface area (Å²) in [7, 11) is 0. The molecule has 0 saturated carbocycles. The molecule has 49 heavy (non-hydrogen) atoms. The number of nitrogens with one attached hydrogen (secondary N) is 3. The zero-order chi connectivity index (χ0) is 34.7. The normalized spacial score (nSPS) is 16.8. The standard InChI is InChI=1S/C34H36F2N8O4S/c1-17(38)12-40-29-24-20-15-46-14-19(20)22(25(36)27(24)41-31(42-29)47-16-34-7-5-9-44(34)10-6-8-34)26-23-18(11-37)30(43-32(45)48-33(2,3)4)49-28(23)21(35)13-39-26/h13,38H,5-10,12,14-16H2,1-4H3,(H,43,45)(H,40,41,42). The lowest BCUT2D eigenvalue weighted by Gasteiger charge is -2.31. The van der Waals surface area contributed by atoms with Gasteiger partial charge in [-0.05, 0) is 77.6 Å². The maximum Gasteiger partial charge on any atom is 0.412 e. The number of hydrogen-bond acceptors (Lipinski definition) is 12. The SMILES string of the molecule is CC(=N)CNc1nc(OCC23CCCN2CCC3)nc2c(F)c(-c3ncc(F)c4sc(NC(=O)OC(C)(C)C)c(C#N)c34)c3c(c12)COC3. The van der Waals surface area contributed by atoms with Gasteiger partial charge in [-0.3, -0.25) is 15.2 Å². The zero-order valence-electron chi connectivity index (χ0n) is 27.7. The maximum atomic E-state index is 17.2. The van der Waals surface area contributed by atoms with Gasteiger partial charge in [0.15, 0.2) is 11.6 Å². The van der Waals surface area contributed by atoms with Crippen molar-refractivity contribution in [1.82, 2.24) is 19.9 Å². The molecule has 3 aromatic heterocycles. The van der Waals surface area contributed by atoms with Crippen LogP contribution in [0.4, 0.5) is 24.4 Å². The Labute approximate surface area is 285 Å². The Morgan fingerprint density at radius 2 is 1.92 bits per heavy atom. The number of nitrogens with zero attached hydrogens (tertiary/aromatic N) is 5. The molecule has 256 valence electrons. The molecule has 2 saturated heterocycles. The van der Waals surface area contributed by atoms with E-state index in [2.05, 4.69) is 36.6 Å². The zero-order valence-corrected chi connectivity index (χ0v) is 28.5. The highest BCUT2D eigenvalue weighted by Gasteiger charge is 2.45. The average Bonchev–Trinajstić information content (AvgIpc) is 3.82. The van der Waals surface area contributed by atoms with Crippen LogP contribution in [-0.2, 0) is 22.7 Å². The minimum atomic E-state index is -0.820. The van der Waals surface area contributed by atoms with Crippen LogP contribution in [0.25, 0.3) is 32.2 Å². The summed E-state index contributed by atoms with van der Waals surface area (Å²) >= 11 is 0.838. The Hall–Kier alpha value is -4.52. The molecule has 3 aliphatic heterocycles. The Bertz CT molecular complexity index is 2060. The Balaban J connectivity index is 1.40. The maximum absolute atomic E-state index is 17.2. The number of carbonyl (C=O) groups is 1. The summed E-state index contributed by atoms with van der Waals surface area (Å²) in [5, 5.41) is 24.5. The highest BCUT2D eigenvalue weighted by atomic mass is 32.1. The molecule has 0 radical (unpaired) electrons. The molecule has 6 heterocycles. The first-order chi connectivity index (χ1) is 23.4. The predicted molar refractivity (Wildman–Crippen MR) is 181 cm³/mol. The highest BCUT2D eigenvalue weighted by molar-refractivity contribution is 7.23. The molecule has 0 spiro atoms. The summed E-state index contributed by atoms with van der Waals surface area (Å²) in [6.07, 6.45) is 4.32. The van der Waals surface area contributed by atoms with Crippen molar-refractivity contribution in [3.05, 3.63) is 34.5 Å². The molecular formula is C34H36F2N8O4S. The van der Waals surface area contributed by atoms with Gasteiger partial charge in [-0.25, -0.2) is 13.6 Å². The second kappa shape index (κ2) is 12.4. The molecule has 15 heteroatoms. The number of benzene rings is 1. The van der Waals surface area contributed by atoms with Crippen LogP contribution >= 0.6 is 11.3 Å². The van der Waals surface area contributed by atoms with E-state index in [1.807, 2.05) is 0 Å². The van der Waals surface area contributed by atoms with Crippen LogP contribution in [0.2, 0.25) is 0 Å². The van der Waals surface area contributed by atoms with E-state index in [4.69, 9.17) is 19.6 Å². The minimum Gasteiger partial charge on any atom is -0.461 e. The Morgan fingerprint density at radius 3 is 2.61 bits per heavy atom. The lowest BCUT2D eigenvalue weighted by atomic mass is 9.93. The molecule has 7 rings (SSSR count). The van der Waals surface area contributed by atoms with E-state index in [1.54, 1.807) is 27.7 Å². The summed E-state index contributed by atoms with van der Waals surface area (Å²) in [5.41, 5.74) is 0.394. The number of fused-ring (bicyclic) bond motifs is 5. The number of pyridine rings is 1. The van der Waals surface area contributed by atoms with Crippen LogP contribution in [0.3, 0.4) is 0 Å². The van der Waals surface area contributed by atoms with Gasteiger partial charge in [0.2, 0.25) is 0 Å². The summed E-state index contributed by atoms with van der Waals surface area (Å²) in [6.45, 7) is 9.42. The molecular weight excluding hydrogens is 654 g/mol. The minimum absolute atomic E-state index is 0.0104. The highest BCUT2D eigenvalue weighted by Crippen LogP contribution is 2.47. The third-order valence-electron chi connectivity index (χ3n) is 9.21. The molecule has 3 N–H and O–H groups in total. The van der Waals surface area contributed by atoms with Gasteiger partial charge in [0.1, 0.15) is 34.6 Å². The molecule has 12 nitrogen and oxygen atoms in total. The summed E-state index contributed by atoms with van der Waals surface area (Å²) in [5.74, 6) is -1.19. The van der Waals surface area contributed by atoms with E-state index in [-0.39, 0.29) is 68.7 Å². The quantitative estimate of drug-likeness (QED) is 0.166. The number of hydrogen-bond donors (Lipinski definition) is 3. The van der Waals surface area contributed by atoms with Crippen molar-refractivity contribution >= 4 is 54.9 Å². The van der Waals surface area contributed by atoms with E-state index in [0.717, 1.165) is 56.3 Å². The van der Waals surface area contributed by atoms with Crippen LogP contribution in [0, 0.1) is 28.4 Å². The number of ether oxygens (including phenoxy) is 3. The number of amides is 1. The first kappa shape index (κ1) is 33.0. The van der Waals surface area contributed by atoms with Gasteiger partial charge >= 0.3 is 12.1 Å². The van der Waals surface area contributed by atoms with Gasteiger partial charge in [0, 0.05) is 16.7 Å². The smallest absolute Gasteiger partial charge is 0.412 e. The Kier molecular flexibility index (Phi) is 8.36. The summed E-state index contributed by atoms with van der Waals surface area (Å²) < 4.78 is 50.0. The van der Waals surface area contributed by atoms with E-state index >= 15 is 8.78 Å². The van der Waals surface area contributed by atoms with Crippen molar-refractivity contribution in [3.63, 3.8) is 0 Å². The van der Waals surface area contributed by atoms with E-state index < -0.39 is 23.3 Å². The summed E-state index contributed by atoms with van der Waals surface area (Å²) in [6, 6.07) is 2.04. The lowest BCUT2D eigenvalue weighted by Crippen LogP contribution is -2.43. The predicted octanol–water partition coefficient (Wildman–Crippen LogP) is 6.89. The monoisotopic (exact) mass is 690 g/mol. The van der Waals surface area contributed by atoms with Crippen LogP contribution in [0.1, 0.15) is 70.1 Å². The number of nitriles is 1. The lowest BCUT2D eigenvalue weighted by molar-refractivity contribution is 0.0636. The van der Waals surface area contributed by atoms with Crippen molar-refractivity contribution in [2.75, 3.05) is 36.9 Å². The Morgan fingerprint density at radius 1 is 1.18 bits per heavy atom. The van der Waals surface area contributed by atoms with Gasteiger partial charge in [-0.2, -0.15) is 15.2 Å². The number of carbonyl (C=O) groups excluding carboxylic acids is 1. The molecule has 1 aromatic carbocycles. The first-order valence-electron chi connectivity index (χ1n) is 16.2. The molecule has 0 unspecified atom stereocenters. The molecule has 4 aromatic rings. The molecule has 0 aliphatic carbocycles. The second-order valence-electron chi connectivity index (χ2n) is 13.8. The average molecular weight is 691 g/mol. The molecule has 3 aliphatic rings. The van der Waals surface area contributed by atoms with Crippen LogP contribution < -0.4 is 15.4 Å². The van der Waals surface area contributed by atoms with Crippen LogP contribution in [0.5, 0.6) is 6.01 Å². The van der Waals surface area contributed by atoms with Gasteiger partial charge in [0.25, 0.3) is 0 Å². The third kappa shape index (κ3) is 5.91. The van der Waals surface area contributed by atoms with E-state index in [1.165, 1.54) is 0 Å². The second-order valence-corrected chi connectivity index (χ2v) is 14.8. The van der Waals surface area contributed by atoms with Crippen LogP contribution in [-0.4, -0.2) is 69.0 Å². The van der Waals surface area contributed by atoms with Crippen LogP contribution in [0.15, 0.2) is 6.20 Å². The molecule has 2 fully saturated rings. The fraction of sp³-hybridized carbons (Fsp3) is 0.471. The van der Waals surface area contributed by atoms with Gasteiger partial charge in [-0.15, -0.1) is 11.3 Å². The topological polar surface area (TPSA) is 158 Å². The van der Waals surface area contributed by atoms with Crippen molar-refractivity contribution < 1.29 is 27.8 Å². The summed E-state index contributed by atoms with van der Waals surface area (Å²) in [4.78, 5) is 28.7. The molecule has 0 bridgehead atoms. The van der Waals surface area contributed by atoms with Gasteiger partial charge in [0.05, 0.1) is 52.8 Å². The molecule has 0 atom stereocenters. The van der Waals surface area contributed by atoms with Gasteiger partial charge in [-0.1, -0.05) is 0 Å². The largest absolute Gasteiger partial charge is 0.461 e. The number of aromatic nitrogens is 3. The fourth-order valence-corrected chi connectivity index (χ4v) is 8.22. The van der Waals surface area contributed by atoms with Crippen molar-refractivity contribution in [2.24, 2.45) is 0 Å². The first-order valence-corrected chi connectivity index (χ1v) is 17.0. The van der Waals surface area contributed by atoms with E-state index in [9.17, 15) is 10.1 Å². The molecule has 1 amide bonds. The van der Waals surface area contributed by atoms with Crippen molar-refractivity contribution in [2.45, 2.75) is 77.7 Å².